The van der Waals surface area contributed by atoms with Crippen molar-refractivity contribution >= 4 is 33.0 Å². The molecular formula is C22H24N2O4S2. The van der Waals surface area contributed by atoms with Crippen molar-refractivity contribution in [1.29, 1.82) is 0 Å². The third kappa shape index (κ3) is 4.35. The zero-order chi connectivity index (χ0) is 21.1. The molecule has 1 aliphatic rings. The van der Waals surface area contributed by atoms with Gasteiger partial charge in [-0.05, 0) is 55.5 Å². The highest BCUT2D eigenvalue weighted by atomic mass is 32.2. The van der Waals surface area contributed by atoms with E-state index in [0.29, 0.717) is 42.4 Å². The first-order valence-electron chi connectivity index (χ1n) is 9.89. The molecule has 3 heterocycles. The maximum Gasteiger partial charge on any atom is 0.252 e. The van der Waals surface area contributed by atoms with Crippen LogP contribution >= 0.6 is 11.3 Å². The summed E-state index contributed by atoms with van der Waals surface area (Å²) in [6.45, 7) is 3.05. The zero-order valence-corrected chi connectivity index (χ0v) is 18.4. The minimum Gasteiger partial charge on any atom is -0.467 e. The van der Waals surface area contributed by atoms with Crippen molar-refractivity contribution in [1.82, 2.24) is 4.31 Å². The molecule has 0 bridgehead atoms. The predicted octanol–water partition coefficient (Wildman–Crippen LogP) is 4.28. The second-order valence-corrected chi connectivity index (χ2v) is 10.6. The highest BCUT2D eigenvalue weighted by Gasteiger charge is 2.34. The molecule has 1 amide bonds. The Morgan fingerprint density at radius 3 is 2.47 bits per heavy atom. The number of thiophene rings is 1. The molecule has 30 heavy (non-hydrogen) atoms. The van der Waals surface area contributed by atoms with Gasteiger partial charge in [0.2, 0.25) is 5.91 Å². The quantitative estimate of drug-likeness (QED) is 0.569. The number of anilines is 1. The van der Waals surface area contributed by atoms with Crippen molar-refractivity contribution in [3.8, 4) is 0 Å². The SMILES string of the molecule is Cc1ccc(N(Cc2ccco2)C(=O)C2CCN(S(=O)(=O)c3cccs3)CC2)cc1. The Labute approximate surface area is 180 Å². The van der Waals surface area contributed by atoms with Crippen LogP contribution < -0.4 is 4.90 Å². The lowest BCUT2D eigenvalue weighted by atomic mass is 9.96. The first-order chi connectivity index (χ1) is 14.4. The molecule has 3 aromatic rings. The molecule has 0 saturated carbocycles. The number of nitrogens with zero attached hydrogens (tertiary/aromatic N) is 2. The largest absolute Gasteiger partial charge is 0.467 e. The zero-order valence-electron chi connectivity index (χ0n) is 16.7. The monoisotopic (exact) mass is 444 g/mol. The van der Waals surface area contributed by atoms with Crippen LogP contribution in [0.3, 0.4) is 0 Å². The number of rotatable bonds is 6. The van der Waals surface area contributed by atoms with Crippen LogP contribution in [0.5, 0.6) is 0 Å². The lowest BCUT2D eigenvalue weighted by molar-refractivity contribution is -0.123. The minimum absolute atomic E-state index is 0.00317. The molecule has 0 atom stereocenters. The topological polar surface area (TPSA) is 70.8 Å². The van der Waals surface area contributed by atoms with E-state index in [0.717, 1.165) is 11.3 Å². The summed E-state index contributed by atoms with van der Waals surface area (Å²) < 4.78 is 32.8. The van der Waals surface area contributed by atoms with Crippen LogP contribution in [0.4, 0.5) is 5.69 Å². The Kier molecular flexibility index (Phi) is 6.08. The number of piperidine rings is 1. The van der Waals surface area contributed by atoms with Crippen molar-refractivity contribution in [2.45, 2.75) is 30.5 Å². The van der Waals surface area contributed by atoms with Crippen LogP contribution in [-0.4, -0.2) is 31.7 Å². The third-order valence-electron chi connectivity index (χ3n) is 5.40. The number of furan rings is 1. The fourth-order valence-corrected chi connectivity index (χ4v) is 6.29. The number of carbonyl (C=O) groups is 1. The first-order valence-corrected chi connectivity index (χ1v) is 12.2. The van der Waals surface area contributed by atoms with Crippen LogP contribution in [0, 0.1) is 12.8 Å². The van der Waals surface area contributed by atoms with E-state index in [1.807, 2.05) is 37.3 Å². The normalized spacial score (nSPS) is 15.9. The van der Waals surface area contributed by atoms with Gasteiger partial charge in [-0.2, -0.15) is 4.31 Å². The molecular weight excluding hydrogens is 420 g/mol. The second kappa shape index (κ2) is 8.75. The summed E-state index contributed by atoms with van der Waals surface area (Å²) in [7, 11) is -3.47. The maximum absolute atomic E-state index is 13.4. The van der Waals surface area contributed by atoms with E-state index in [4.69, 9.17) is 4.42 Å². The average Bonchev–Trinajstić information content (AvgIpc) is 3.47. The molecule has 6 nitrogen and oxygen atoms in total. The van der Waals surface area contributed by atoms with Gasteiger partial charge >= 0.3 is 0 Å². The third-order valence-corrected chi connectivity index (χ3v) is 8.67. The van der Waals surface area contributed by atoms with Gasteiger partial charge in [-0.25, -0.2) is 8.42 Å². The van der Waals surface area contributed by atoms with Gasteiger partial charge in [0, 0.05) is 24.7 Å². The summed E-state index contributed by atoms with van der Waals surface area (Å²) in [5.74, 6) is 0.487. The van der Waals surface area contributed by atoms with E-state index in [9.17, 15) is 13.2 Å². The van der Waals surface area contributed by atoms with Crippen LogP contribution in [-0.2, 0) is 21.4 Å². The summed E-state index contributed by atoms with van der Waals surface area (Å²) in [6.07, 6.45) is 2.61. The van der Waals surface area contributed by atoms with Crippen molar-refractivity contribution in [2.75, 3.05) is 18.0 Å². The minimum atomic E-state index is -3.47. The molecule has 0 aliphatic carbocycles. The Bertz CT molecular complexity index is 1070. The average molecular weight is 445 g/mol. The number of hydrogen-bond donors (Lipinski definition) is 0. The van der Waals surface area contributed by atoms with E-state index >= 15 is 0 Å². The highest BCUT2D eigenvalue weighted by molar-refractivity contribution is 7.91. The molecule has 0 unspecified atom stereocenters. The number of hydrogen-bond acceptors (Lipinski definition) is 5. The highest BCUT2D eigenvalue weighted by Crippen LogP contribution is 2.29. The van der Waals surface area contributed by atoms with Crippen molar-refractivity contribution < 1.29 is 17.6 Å². The van der Waals surface area contributed by atoms with E-state index in [1.54, 1.807) is 34.7 Å². The Morgan fingerprint density at radius 2 is 1.87 bits per heavy atom. The summed E-state index contributed by atoms with van der Waals surface area (Å²) >= 11 is 1.22. The standard InChI is InChI=1S/C22H24N2O4S2/c1-17-6-8-19(9-7-17)24(16-20-4-2-14-28-20)22(25)18-10-12-23(13-11-18)30(26,27)21-5-3-15-29-21/h2-9,14-15,18H,10-13,16H2,1H3. The van der Waals surface area contributed by atoms with Crippen LogP contribution in [0.1, 0.15) is 24.2 Å². The van der Waals surface area contributed by atoms with Crippen LogP contribution in [0.2, 0.25) is 0 Å². The van der Waals surface area contributed by atoms with E-state index in [1.165, 1.54) is 15.6 Å². The number of benzene rings is 1. The van der Waals surface area contributed by atoms with Crippen molar-refractivity contribution in [3.63, 3.8) is 0 Å². The van der Waals surface area contributed by atoms with Crippen molar-refractivity contribution in [3.05, 3.63) is 71.5 Å². The summed E-state index contributed by atoms with van der Waals surface area (Å²) in [4.78, 5) is 15.2. The summed E-state index contributed by atoms with van der Waals surface area (Å²) in [5.41, 5.74) is 1.94. The molecule has 0 spiro atoms. The maximum atomic E-state index is 13.4. The van der Waals surface area contributed by atoms with Gasteiger partial charge in [0.15, 0.2) is 0 Å². The Morgan fingerprint density at radius 1 is 1.13 bits per heavy atom. The lowest BCUT2D eigenvalue weighted by Gasteiger charge is -2.33. The Hall–Kier alpha value is -2.42. The fraction of sp³-hybridized carbons (Fsp3) is 0.318. The second-order valence-electron chi connectivity index (χ2n) is 7.45. The molecule has 0 radical (unpaired) electrons. The van der Waals surface area contributed by atoms with Gasteiger partial charge in [-0.1, -0.05) is 23.8 Å². The van der Waals surface area contributed by atoms with Gasteiger partial charge in [-0.3, -0.25) is 4.79 Å². The molecule has 8 heteroatoms. The summed E-state index contributed by atoms with van der Waals surface area (Å²) in [6, 6.07) is 14.9. The van der Waals surface area contributed by atoms with Gasteiger partial charge in [0.25, 0.3) is 10.0 Å². The van der Waals surface area contributed by atoms with E-state index in [-0.39, 0.29) is 11.8 Å². The molecule has 0 N–H and O–H groups in total. The number of aryl methyl sites for hydroxylation is 1. The van der Waals surface area contributed by atoms with Gasteiger partial charge < -0.3 is 9.32 Å². The molecule has 2 aromatic heterocycles. The molecule has 4 rings (SSSR count). The van der Waals surface area contributed by atoms with E-state index < -0.39 is 10.0 Å². The molecule has 1 aromatic carbocycles. The first kappa shape index (κ1) is 20.8. The predicted molar refractivity (Wildman–Crippen MR) is 117 cm³/mol. The smallest absolute Gasteiger partial charge is 0.252 e. The summed E-state index contributed by atoms with van der Waals surface area (Å²) in [5, 5.41) is 1.76. The number of sulfonamides is 1. The van der Waals surface area contributed by atoms with E-state index in [2.05, 4.69) is 0 Å². The van der Waals surface area contributed by atoms with Crippen LogP contribution in [0.15, 0.2) is 68.8 Å². The van der Waals surface area contributed by atoms with Crippen LogP contribution in [0.25, 0.3) is 0 Å². The number of amides is 1. The van der Waals surface area contributed by atoms with Gasteiger partial charge in [0.1, 0.15) is 9.97 Å². The van der Waals surface area contributed by atoms with Crippen molar-refractivity contribution in [2.24, 2.45) is 5.92 Å². The molecule has 1 fully saturated rings. The number of carbonyl (C=O) groups excluding carboxylic acids is 1. The molecule has 158 valence electrons. The fourth-order valence-electron chi connectivity index (χ4n) is 3.68. The lowest BCUT2D eigenvalue weighted by Crippen LogP contribution is -2.44. The Balaban J connectivity index is 1.49. The van der Waals surface area contributed by atoms with Gasteiger partial charge in [0.05, 0.1) is 12.8 Å². The molecule has 1 saturated heterocycles. The molecule has 1 aliphatic heterocycles. The van der Waals surface area contributed by atoms with Gasteiger partial charge in [-0.15, -0.1) is 11.3 Å².